The van der Waals surface area contributed by atoms with Gasteiger partial charge in [0.1, 0.15) is 0 Å². The van der Waals surface area contributed by atoms with E-state index in [0.29, 0.717) is 0 Å². The van der Waals surface area contributed by atoms with E-state index in [4.69, 9.17) is 5.73 Å². The molecule has 0 saturated carbocycles. The summed E-state index contributed by atoms with van der Waals surface area (Å²) in [5, 5.41) is 0. The molecule has 0 aliphatic heterocycles. The molecule has 3 heteroatoms. The van der Waals surface area contributed by atoms with Crippen molar-refractivity contribution in [3.05, 3.63) is 0 Å². The minimum Gasteiger partial charge on any atom is -0.412 e. The third-order valence-electron chi connectivity index (χ3n) is 3.06. The highest BCUT2D eigenvalue weighted by Gasteiger charge is 1.92. The molecular formula is C17H42N2O. The number of hydrogen-bond donors (Lipinski definition) is 1. The quantitative estimate of drug-likeness (QED) is 0.552. The monoisotopic (exact) mass is 290 g/mol. The summed E-state index contributed by atoms with van der Waals surface area (Å²) in [5.74, 6) is 0. The van der Waals surface area contributed by atoms with Crippen molar-refractivity contribution in [1.82, 2.24) is 4.90 Å². The highest BCUT2D eigenvalue weighted by Crippen LogP contribution is 2.11. The minimum absolute atomic E-state index is 0. The van der Waals surface area contributed by atoms with Crippen molar-refractivity contribution in [2.75, 3.05) is 27.7 Å². The van der Waals surface area contributed by atoms with Crippen molar-refractivity contribution in [3.8, 4) is 0 Å². The first-order valence-corrected chi connectivity index (χ1v) is 8.46. The Morgan fingerprint density at radius 2 is 0.850 bits per heavy atom. The predicted octanol–water partition coefficient (Wildman–Crippen LogP) is 4.00. The maximum Gasteiger partial charge on any atom is -0.00773 e. The minimum atomic E-state index is 0. The van der Waals surface area contributed by atoms with Crippen LogP contribution in [0.2, 0.25) is 0 Å². The van der Waals surface area contributed by atoms with Gasteiger partial charge in [0.2, 0.25) is 0 Å². The molecule has 0 rings (SSSR count). The first-order valence-electron chi connectivity index (χ1n) is 8.46. The van der Waals surface area contributed by atoms with Gasteiger partial charge in [-0.3, -0.25) is 0 Å². The van der Waals surface area contributed by atoms with Crippen LogP contribution in [0, 0.1) is 0 Å². The van der Waals surface area contributed by atoms with Crippen LogP contribution in [-0.4, -0.2) is 38.1 Å². The van der Waals surface area contributed by atoms with E-state index in [1.807, 2.05) is 26.0 Å². The van der Waals surface area contributed by atoms with E-state index < -0.39 is 0 Å². The van der Waals surface area contributed by atoms with Crippen molar-refractivity contribution in [1.29, 1.82) is 0 Å². The van der Waals surface area contributed by atoms with Gasteiger partial charge in [0, 0.05) is 0 Å². The second kappa shape index (κ2) is 23.9. The van der Waals surface area contributed by atoms with E-state index >= 15 is 0 Å². The normalized spacial score (nSPS) is 9.90. The molecular weight excluding hydrogens is 248 g/mol. The standard InChI is InChI=1S/C14H31N.C3H9N.H2O/c1-2-3-4-5-6-7-8-9-10-11-12-13-14-15;1-4(2)3;/h2-15H2,1H3;1-3H3;1H2. The topological polar surface area (TPSA) is 60.8 Å². The fourth-order valence-corrected chi connectivity index (χ4v) is 1.99. The molecule has 0 aliphatic carbocycles. The number of hydrogen-bond acceptors (Lipinski definition) is 2. The van der Waals surface area contributed by atoms with Crippen molar-refractivity contribution in [2.24, 2.45) is 5.73 Å². The summed E-state index contributed by atoms with van der Waals surface area (Å²) in [4.78, 5) is 2.00. The molecule has 0 amide bonds. The third-order valence-corrected chi connectivity index (χ3v) is 3.06. The van der Waals surface area contributed by atoms with Gasteiger partial charge >= 0.3 is 0 Å². The molecule has 0 aromatic carbocycles. The summed E-state index contributed by atoms with van der Waals surface area (Å²) in [6.45, 7) is 3.15. The van der Waals surface area contributed by atoms with Crippen LogP contribution < -0.4 is 5.73 Å². The van der Waals surface area contributed by atoms with E-state index in [1.54, 1.807) is 0 Å². The zero-order chi connectivity index (χ0) is 14.8. The van der Waals surface area contributed by atoms with Gasteiger partial charge in [0.05, 0.1) is 0 Å². The van der Waals surface area contributed by atoms with Crippen molar-refractivity contribution in [3.63, 3.8) is 0 Å². The average molecular weight is 291 g/mol. The predicted molar refractivity (Wildman–Crippen MR) is 93.4 cm³/mol. The van der Waals surface area contributed by atoms with Crippen LogP contribution in [0.5, 0.6) is 0 Å². The Balaban J connectivity index is -0.000000508. The molecule has 3 nitrogen and oxygen atoms in total. The molecule has 126 valence electrons. The zero-order valence-corrected chi connectivity index (χ0v) is 14.7. The molecule has 0 aliphatic rings. The Morgan fingerprint density at radius 1 is 0.600 bits per heavy atom. The first kappa shape index (κ1) is 24.9. The summed E-state index contributed by atoms with van der Waals surface area (Å²) in [7, 11) is 6.00. The van der Waals surface area contributed by atoms with Crippen LogP contribution in [-0.2, 0) is 0 Å². The van der Waals surface area contributed by atoms with Crippen LogP contribution >= 0.6 is 0 Å². The molecule has 0 atom stereocenters. The maximum atomic E-state index is 5.45. The lowest BCUT2D eigenvalue weighted by Gasteiger charge is -2.01. The van der Waals surface area contributed by atoms with E-state index in [-0.39, 0.29) is 5.48 Å². The van der Waals surface area contributed by atoms with Crippen LogP contribution in [0.4, 0.5) is 0 Å². The van der Waals surface area contributed by atoms with Gasteiger partial charge in [-0.2, -0.15) is 0 Å². The largest absolute Gasteiger partial charge is 0.412 e. The van der Waals surface area contributed by atoms with Gasteiger partial charge in [-0.05, 0) is 34.1 Å². The lowest BCUT2D eigenvalue weighted by Crippen LogP contribution is -1.99. The summed E-state index contributed by atoms with van der Waals surface area (Å²) >= 11 is 0. The molecule has 0 heterocycles. The number of nitrogens with two attached hydrogens (primary N) is 1. The van der Waals surface area contributed by atoms with Crippen molar-refractivity contribution < 1.29 is 5.48 Å². The Bertz CT molecular complexity index is 126. The highest BCUT2D eigenvalue weighted by molar-refractivity contribution is 4.48. The molecule has 0 saturated heterocycles. The average Bonchev–Trinajstić information content (AvgIpc) is 2.35. The van der Waals surface area contributed by atoms with E-state index in [0.717, 1.165) is 6.54 Å². The summed E-state index contributed by atoms with van der Waals surface area (Å²) in [6, 6.07) is 0. The lowest BCUT2D eigenvalue weighted by atomic mass is 10.1. The molecule has 20 heavy (non-hydrogen) atoms. The lowest BCUT2D eigenvalue weighted by molar-refractivity contribution is 0.505. The second-order valence-electron chi connectivity index (χ2n) is 6.02. The van der Waals surface area contributed by atoms with E-state index in [9.17, 15) is 0 Å². The van der Waals surface area contributed by atoms with Crippen LogP contribution in [0.25, 0.3) is 0 Å². The van der Waals surface area contributed by atoms with Crippen LogP contribution in [0.3, 0.4) is 0 Å². The van der Waals surface area contributed by atoms with Crippen molar-refractivity contribution in [2.45, 2.75) is 84.0 Å². The van der Waals surface area contributed by atoms with Crippen molar-refractivity contribution >= 4 is 0 Å². The summed E-state index contributed by atoms with van der Waals surface area (Å²) < 4.78 is 0. The Morgan fingerprint density at radius 3 is 1.10 bits per heavy atom. The van der Waals surface area contributed by atoms with Crippen LogP contribution in [0.1, 0.15) is 84.0 Å². The smallest absolute Gasteiger partial charge is 0.00773 e. The van der Waals surface area contributed by atoms with Crippen LogP contribution in [0.15, 0.2) is 0 Å². The number of rotatable bonds is 12. The molecule has 4 N–H and O–H groups in total. The van der Waals surface area contributed by atoms with Gasteiger partial charge in [0.25, 0.3) is 0 Å². The summed E-state index contributed by atoms with van der Waals surface area (Å²) in [6.07, 6.45) is 16.9. The SMILES string of the molecule is CCCCCCCCCCCCCCN.CN(C)C.O. The molecule has 0 fully saturated rings. The molecule has 0 unspecified atom stereocenters. The van der Waals surface area contributed by atoms with Gasteiger partial charge in [-0.25, -0.2) is 0 Å². The van der Waals surface area contributed by atoms with Gasteiger partial charge < -0.3 is 16.1 Å². The number of nitrogens with zero attached hydrogens (tertiary/aromatic N) is 1. The molecule has 0 radical (unpaired) electrons. The van der Waals surface area contributed by atoms with E-state index in [1.165, 1.54) is 77.0 Å². The van der Waals surface area contributed by atoms with Gasteiger partial charge in [-0.1, -0.05) is 77.6 Å². The Kier molecular flexibility index (Phi) is 29.8. The Labute approximate surface area is 128 Å². The molecule has 0 bridgehead atoms. The molecule has 0 aromatic heterocycles. The summed E-state index contributed by atoms with van der Waals surface area (Å²) in [5.41, 5.74) is 5.45. The second-order valence-corrected chi connectivity index (χ2v) is 6.02. The zero-order valence-electron chi connectivity index (χ0n) is 14.7. The number of unbranched alkanes of at least 4 members (excludes halogenated alkanes) is 11. The van der Waals surface area contributed by atoms with Gasteiger partial charge in [-0.15, -0.1) is 0 Å². The Hall–Kier alpha value is -0.120. The fraction of sp³-hybridized carbons (Fsp3) is 1.00. The maximum absolute atomic E-state index is 5.45. The molecule has 0 aromatic rings. The first-order chi connectivity index (χ1) is 9.15. The molecule has 0 spiro atoms. The fourth-order valence-electron chi connectivity index (χ4n) is 1.99. The van der Waals surface area contributed by atoms with E-state index in [2.05, 4.69) is 6.92 Å². The highest BCUT2D eigenvalue weighted by atomic mass is 16.0. The third kappa shape index (κ3) is 36.1. The van der Waals surface area contributed by atoms with Gasteiger partial charge in [0.15, 0.2) is 0 Å².